The Morgan fingerprint density at radius 2 is 1.61 bits per heavy atom. The minimum Gasteiger partial charge on any atom is -0.481 e. The molecule has 2 heterocycles. The standard InChI is InChI=1S/C22H36O6/c1-7-21(12(3)4)16(19(23)24)17(22(21,8-2)13(5)6)20(25)28-15-11-27-14-9-10-26-18(14)15/h12-18H,7-11H2,1-6H3,(H,23,24). The predicted molar refractivity (Wildman–Crippen MR) is 104 cm³/mol. The van der Waals surface area contributed by atoms with Gasteiger partial charge in [0.25, 0.3) is 0 Å². The lowest BCUT2D eigenvalue weighted by atomic mass is 9.31. The number of carbonyl (C=O) groups excluding carboxylic acids is 1. The van der Waals surface area contributed by atoms with E-state index < -0.39 is 40.7 Å². The van der Waals surface area contributed by atoms with Crippen molar-refractivity contribution in [3.8, 4) is 0 Å². The summed E-state index contributed by atoms with van der Waals surface area (Å²) in [6, 6.07) is 0. The van der Waals surface area contributed by atoms with E-state index in [-0.39, 0.29) is 24.0 Å². The number of aliphatic carboxylic acids is 1. The molecule has 0 bridgehead atoms. The maximum Gasteiger partial charge on any atom is 0.310 e. The molecule has 0 aromatic carbocycles. The molecular weight excluding hydrogens is 360 g/mol. The number of esters is 1. The number of hydrogen-bond donors (Lipinski definition) is 1. The molecule has 0 radical (unpaired) electrons. The normalized spacial score (nSPS) is 42.5. The van der Waals surface area contributed by atoms with Crippen LogP contribution in [0.4, 0.5) is 0 Å². The molecule has 3 fully saturated rings. The molecule has 1 saturated carbocycles. The molecule has 6 heteroatoms. The second kappa shape index (κ2) is 7.60. The van der Waals surface area contributed by atoms with E-state index in [1.807, 2.05) is 0 Å². The minimum atomic E-state index is -0.889. The fourth-order valence-electron chi connectivity index (χ4n) is 7.25. The van der Waals surface area contributed by atoms with Crippen molar-refractivity contribution in [2.24, 2.45) is 34.5 Å². The second-order valence-corrected chi connectivity index (χ2v) is 9.36. The average Bonchev–Trinajstić information content (AvgIpc) is 3.19. The molecule has 7 unspecified atom stereocenters. The van der Waals surface area contributed by atoms with Crippen LogP contribution in [0.3, 0.4) is 0 Å². The SMILES string of the molecule is CCC1(C(C)C)C(C(=O)O)C(C(=O)OC2COC3CCOC32)C1(CC)C(C)C. The molecule has 0 amide bonds. The van der Waals surface area contributed by atoms with Gasteiger partial charge in [0.1, 0.15) is 6.10 Å². The smallest absolute Gasteiger partial charge is 0.310 e. The van der Waals surface area contributed by atoms with Crippen LogP contribution in [-0.2, 0) is 23.8 Å². The largest absolute Gasteiger partial charge is 0.481 e. The maximum atomic E-state index is 13.4. The van der Waals surface area contributed by atoms with Crippen LogP contribution in [0.15, 0.2) is 0 Å². The van der Waals surface area contributed by atoms with Crippen molar-refractivity contribution in [2.45, 2.75) is 79.1 Å². The number of carboxylic acids is 1. The summed E-state index contributed by atoms with van der Waals surface area (Å²) in [6.45, 7) is 13.5. The molecule has 0 aromatic rings. The summed E-state index contributed by atoms with van der Waals surface area (Å²) >= 11 is 0. The molecule has 0 aromatic heterocycles. The molecule has 3 rings (SSSR count). The van der Waals surface area contributed by atoms with E-state index in [2.05, 4.69) is 41.5 Å². The molecule has 28 heavy (non-hydrogen) atoms. The van der Waals surface area contributed by atoms with Crippen LogP contribution in [0, 0.1) is 34.5 Å². The zero-order valence-corrected chi connectivity index (χ0v) is 18.1. The average molecular weight is 397 g/mol. The first-order valence-corrected chi connectivity index (χ1v) is 10.8. The van der Waals surface area contributed by atoms with Crippen molar-refractivity contribution in [3.05, 3.63) is 0 Å². The lowest BCUT2D eigenvalue weighted by Gasteiger charge is -2.71. The Morgan fingerprint density at radius 3 is 2.11 bits per heavy atom. The van der Waals surface area contributed by atoms with Gasteiger partial charge in [0, 0.05) is 6.61 Å². The first-order valence-electron chi connectivity index (χ1n) is 10.8. The number of rotatable bonds is 7. The Bertz CT molecular complexity index is 616. The Labute approximate surface area is 168 Å². The summed E-state index contributed by atoms with van der Waals surface area (Å²) in [5.74, 6) is -2.32. The molecule has 3 aliphatic rings. The van der Waals surface area contributed by atoms with Gasteiger partial charge in [0.05, 0.1) is 24.5 Å². The highest BCUT2D eigenvalue weighted by molar-refractivity contribution is 5.86. The molecule has 7 atom stereocenters. The third-order valence-electron chi connectivity index (χ3n) is 8.25. The van der Waals surface area contributed by atoms with E-state index in [9.17, 15) is 14.7 Å². The van der Waals surface area contributed by atoms with Crippen LogP contribution in [0.1, 0.15) is 60.8 Å². The Balaban J connectivity index is 1.94. The van der Waals surface area contributed by atoms with E-state index in [4.69, 9.17) is 14.2 Å². The fraction of sp³-hybridized carbons (Fsp3) is 0.909. The Kier molecular flexibility index (Phi) is 5.85. The lowest BCUT2D eigenvalue weighted by molar-refractivity contribution is -0.267. The van der Waals surface area contributed by atoms with Gasteiger partial charge in [-0.2, -0.15) is 0 Å². The van der Waals surface area contributed by atoms with Gasteiger partial charge in [-0.05, 0) is 41.9 Å². The van der Waals surface area contributed by atoms with Gasteiger partial charge in [-0.25, -0.2) is 0 Å². The highest BCUT2D eigenvalue weighted by atomic mass is 16.6. The van der Waals surface area contributed by atoms with Crippen LogP contribution in [0.5, 0.6) is 0 Å². The van der Waals surface area contributed by atoms with Crippen molar-refractivity contribution < 1.29 is 28.9 Å². The monoisotopic (exact) mass is 396 g/mol. The molecule has 2 aliphatic heterocycles. The van der Waals surface area contributed by atoms with E-state index in [1.165, 1.54) is 0 Å². The predicted octanol–water partition coefficient (Wildman–Crippen LogP) is 3.52. The molecular formula is C22H36O6. The minimum absolute atomic E-state index is 0.0131. The molecule has 1 N–H and O–H groups in total. The number of fused-ring (bicyclic) bond motifs is 1. The topological polar surface area (TPSA) is 82.1 Å². The summed E-state index contributed by atoms with van der Waals surface area (Å²) < 4.78 is 17.3. The van der Waals surface area contributed by atoms with Crippen LogP contribution in [0.2, 0.25) is 0 Å². The number of carbonyl (C=O) groups is 2. The summed E-state index contributed by atoms with van der Waals surface area (Å²) in [5.41, 5.74) is -0.824. The van der Waals surface area contributed by atoms with Gasteiger partial charge in [0.2, 0.25) is 0 Å². The van der Waals surface area contributed by atoms with Crippen molar-refractivity contribution >= 4 is 11.9 Å². The van der Waals surface area contributed by atoms with Gasteiger partial charge < -0.3 is 19.3 Å². The lowest BCUT2D eigenvalue weighted by Crippen LogP contribution is -2.73. The van der Waals surface area contributed by atoms with Crippen molar-refractivity contribution in [1.29, 1.82) is 0 Å². The number of carboxylic acid groups (broad SMARTS) is 1. The second-order valence-electron chi connectivity index (χ2n) is 9.36. The van der Waals surface area contributed by atoms with Crippen molar-refractivity contribution in [3.63, 3.8) is 0 Å². The molecule has 0 spiro atoms. The van der Waals surface area contributed by atoms with Gasteiger partial charge in [-0.1, -0.05) is 41.5 Å². The maximum absolute atomic E-state index is 13.4. The van der Waals surface area contributed by atoms with E-state index >= 15 is 0 Å². The third-order valence-corrected chi connectivity index (χ3v) is 8.25. The molecule has 160 valence electrons. The molecule has 6 nitrogen and oxygen atoms in total. The van der Waals surface area contributed by atoms with Crippen LogP contribution in [-0.4, -0.2) is 48.6 Å². The van der Waals surface area contributed by atoms with E-state index in [0.717, 1.165) is 19.3 Å². The Hall–Kier alpha value is -1.14. The highest BCUT2D eigenvalue weighted by Crippen LogP contribution is 2.74. The van der Waals surface area contributed by atoms with Gasteiger partial charge in [0.15, 0.2) is 6.10 Å². The first-order chi connectivity index (χ1) is 13.2. The quantitative estimate of drug-likeness (QED) is 0.663. The molecule has 2 saturated heterocycles. The third kappa shape index (κ3) is 2.67. The van der Waals surface area contributed by atoms with Gasteiger partial charge in [-0.3, -0.25) is 9.59 Å². The summed E-state index contributed by atoms with van der Waals surface area (Å²) in [5, 5.41) is 10.1. The van der Waals surface area contributed by atoms with E-state index in [1.54, 1.807) is 0 Å². The van der Waals surface area contributed by atoms with Crippen LogP contribution >= 0.6 is 0 Å². The van der Waals surface area contributed by atoms with Gasteiger partial charge >= 0.3 is 11.9 Å². The zero-order valence-electron chi connectivity index (χ0n) is 18.1. The zero-order chi connectivity index (χ0) is 20.9. The summed E-state index contributed by atoms with van der Waals surface area (Å²) in [6.07, 6.45) is 1.63. The van der Waals surface area contributed by atoms with Gasteiger partial charge in [-0.15, -0.1) is 0 Å². The van der Waals surface area contributed by atoms with Crippen LogP contribution in [0.25, 0.3) is 0 Å². The molecule has 1 aliphatic carbocycles. The first kappa shape index (κ1) is 21.6. The summed E-state index contributed by atoms with van der Waals surface area (Å²) in [7, 11) is 0. The van der Waals surface area contributed by atoms with Crippen molar-refractivity contribution in [2.75, 3.05) is 13.2 Å². The highest BCUT2D eigenvalue weighted by Gasteiger charge is 2.76. The number of ether oxygens (including phenoxy) is 3. The Morgan fingerprint density at radius 1 is 1.04 bits per heavy atom. The van der Waals surface area contributed by atoms with Crippen molar-refractivity contribution in [1.82, 2.24) is 0 Å². The number of hydrogen-bond acceptors (Lipinski definition) is 5. The fourth-order valence-corrected chi connectivity index (χ4v) is 7.25. The summed E-state index contributed by atoms with van der Waals surface area (Å²) in [4.78, 5) is 25.8. The van der Waals surface area contributed by atoms with Crippen LogP contribution < -0.4 is 0 Å². The van der Waals surface area contributed by atoms with E-state index in [0.29, 0.717) is 13.2 Å².